The monoisotopic (exact) mass is 255 g/mol. The van der Waals surface area contributed by atoms with Crippen molar-refractivity contribution in [1.82, 2.24) is 20.5 Å². The number of nitrogens with zero attached hydrogens (tertiary/aromatic N) is 3. The summed E-state index contributed by atoms with van der Waals surface area (Å²) in [4.78, 5) is 4.00. The maximum absolute atomic E-state index is 4.26. The zero-order valence-electron chi connectivity index (χ0n) is 10.7. The van der Waals surface area contributed by atoms with Crippen LogP contribution in [0.5, 0.6) is 0 Å². The van der Waals surface area contributed by atoms with Gasteiger partial charge in [-0.2, -0.15) is 0 Å². The van der Waals surface area contributed by atoms with E-state index in [0.717, 1.165) is 43.0 Å². The Labute approximate surface area is 112 Å². The smallest absolute Gasteiger partial charge is 0.148 e. The molecule has 1 aliphatic heterocycles. The standard InChI is InChI=1S/C14H17N5/c1-2-14(17-12-5-9-16-10-6-12)19-18-13(1)11-3-7-15-8-4-11/h1-4,7-8,12,16H,5-6,9-10H2,(H,17,19). The van der Waals surface area contributed by atoms with Gasteiger partial charge in [0.2, 0.25) is 0 Å². The van der Waals surface area contributed by atoms with E-state index in [0.29, 0.717) is 6.04 Å². The largest absolute Gasteiger partial charge is 0.366 e. The van der Waals surface area contributed by atoms with Crippen molar-refractivity contribution in [3.63, 3.8) is 0 Å². The number of aromatic nitrogens is 3. The lowest BCUT2D eigenvalue weighted by Gasteiger charge is -2.23. The molecule has 2 aromatic rings. The lowest BCUT2D eigenvalue weighted by atomic mass is 10.1. The Morgan fingerprint density at radius 1 is 1.00 bits per heavy atom. The van der Waals surface area contributed by atoms with Crippen molar-refractivity contribution < 1.29 is 0 Å². The minimum Gasteiger partial charge on any atom is -0.366 e. The molecule has 0 atom stereocenters. The van der Waals surface area contributed by atoms with Gasteiger partial charge in [0, 0.05) is 24.0 Å². The molecular weight excluding hydrogens is 238 g/mol. The van der Waals surface area contributed by atoms with E-state index in [1.165, 1.54) is 0 Å². The van der Waals surface area contributed by atoms with Gasteiger partial charge < -0.3 is 10.6 Å². The second-order valence-corrected chi connectivity index (χ2v) is 4.71. The molecule has 0 aliphatic carbocycles. The first kappa shape index (κ1) is 12.0. The number of hydrogen-bond acceptors (Lipinski definition) is 5. The minimum absolute atomic E-state index is 0.502. The first-order valence-corrected chi connectivity index (χ1v) is 6.63. The van der Waals surface area contributed by atoms with Gasteiger partial charge >= 0.3 is 0 Å². The predicted octanol–water partition coefficient (Wildman–Crippen LogP) is 1.70. The van der Waals surface area contributed by atoms with Crippen molar-refractivity contribution in [3.8, 4) is 11.3 Å². The fourth-order valence-corrected chi connectivity index (χ4v) is 2.26. The first-order valence-electron chi connectivity index (χ1n) is 6.63. The second kappa shape index (κ2) is 5.75. The SMILES string of the molecule is c1cc(-c2ccc(NC3CCNCC3)nn2)ccn1. The molecule has 0 saturated carbocycles. The lowest BCUT2D eigenvalue weighted by Crippen LogP contribution is -2.35. The van der Waals surface area contributed by atoms with Gasteiger partial charge in [0.05, 0.1) is 5.69 Å². The first-order chi connectivity index (χ1) is 9.42. The van der Waals surface area contributed by atoms with Crippen molar-refractivity contribution in [2.24, 2.45) is 0 Å². The Morgan fingerprint density at radius 2 is 1.79 bits per heavy atom. The van der Waals surface area contributed by atoms with Crippen LogP contribution in [0.1, 0.15) is 12.8 Å². The zero-order chi connectivity index (χ0) is 12.9. The molecule has 1 fully saturated rings. The molecule has 19 heavy (non-hydrogen) atoms. The van der Waals surface area contributed by atoms with E-state index in [4.69, 9.17) is 0 Å². The van der Waals surface area contributed by atoms with Gasteiger partial charge in [-0.05, 0) is 50.2 Å². The highest BCUT2D eigenvalue weighted by Crippen LogP contribution is 2.16. The highest BCUT2D eigenvalue weighted by molar-refractivity contribution is 5.58. The molecule has 0 spiro atoms. The molecule has 0 unspecified atom stereocenters. The van der Waals surface area contributed by atoms with Gasteiger partial charge in [0.1, 0.15) is 5.82 Å². The van der Waals surface area contributed by atoms with Crippen molar-refractivity contribution in [1.29, 1.82) is 0 Å². The lowest BCUT2D eigenvalue weighted by molar-refractivity contribution is 0.478. The van der Waals surface area contributed by atoms with Crippen molar-refractivity contribution in [2.45, 2.75) is 18.9 Å². The summed E-state index contributed by atoms with van der Waals surface area (Å²) in [6, 6.07) is 8.35. The molecule has 0 bridgehead atoms. The summed E-state index contributed by atoms with van der Waals surface area (Å²) in [5.74, 6) is 0.852. The number of rotatable bonds is 3. The van der Waals surface area contributed by atoms with Crippen LogP contribution in [0.15, 0.2) is 36.7 Å². The molecule has 0 amide bonds. The number of hydrogen-bond donors (Lipinski definition) is 2. The Kier molecular flexibility index (Phi) is 3.65. The van der Waals surface area contributed by atoms with Crippen LogP contribution in [0, 0.1) is 0 Å². The van der Waals surface area contributed by atoms with Gasteiger partial charge in [0.15, 0.2) is 0 Å². The maximum atomic E-state index is 4.26. The summed E-state index contributed by atoms with van der Waals surface area (Å²) in [6.45, 7) is 2.14. The molecule has 1 saturated heterocycles. The average Bonchev–Trinajstić information content (AvgIpc) is 2.50. The van der Waals surface area contributed by atoms with Crippen LogP contribution in [0.4, 0.5) is 5.82 Å². The number of pyridine rings is 1. The topological polar surface area (TPSA) is 62.7 Å². The van der Waals surface area contributed by atoms with E-state index in [2.05, 4.69) is 25.8 Å². The number of anilines is 1. The van der Waals surface area contributed by atoms with Crippen LogP contribution >= 0.6 is 0 Å². The average molecular weight is 255 g/mol. The summed E-state index contributed by atoms with van der Waals surface area (Å²) < 4.78 is 0. The van der Waals surface area contributed by atoms with Crippen molar-refractivity contribution in [2.75, 3.05) is 18.4 Å². The van der Waals surface area contributed by atoms with Crippen LogP contribution in [0.3, 0.4) is 0 Å². The maximum Gasteiger partial charge on any atom is 0.148 e. The normalized spacial score (nSPS) is 16.2. The molecule has 3 heterocycles. The Bertz CT molecular complexity index is 505. The van der Waals surface area contributed by atoms with Gasteiger partial charge in [-0.3, -0.25) is 4.98 Å². The Hall–Kier alpha value is -2.01. The minimum atomic E-state index is 0.502. The summed E-state index contributed by atoms with van der Waals surface area (Å²) in [7, 11) is 0. The van der Waals surface area contributed by atoms with E-state index in [1.807, 2.05) is 24.3 Å². The summed E-state index contributed by atoms with van der Waals surface area (Å²) in [6.07, 6.45) is 5.79. The molecule has 2 aromatic heterocycles. The fourth-order valence-electron chi connectivity index (χ4n) is 2.26. The molecule has 5 heteroatoms. The van der Waals surface area contributed by atoms with Gasteiger partial charge in [-0.1, -0.05) is 0 Å². The van der Waals surface area contributed by atoms with Crippen LogP contribution in [0.25, 0.3) is 11.3 Å². The summed E-state index contributed by atoms with van der Waals surface area (Å²) in [5.41, 5.74) is 1.91. The molecule has 3 rings (SSSR count). The molecule has 0 radical (unpaired) electrons. The third kappa shape index (κ3) is 3.06. The second-order valence-electron chi connectivity index (χ2n) is 4.71. The Morgan fingerprint density at radius 3 is 2.47 bits per heavy atom. The van der Waals surface area contributed by atoms with E-state index in [-0.39, 0.29) is 0 Å². The number of nitrogens with one attached hydrogen (secondary N) is 2. The van der Waals surface area contributed by atoms with Crippen molar-refractivity contribution in [3.05, 3.63) is 36.7 Å². The van der Waals surface area contributed by atoms with Crippen LogP contribution in [-0.4, -0.2) is 34.3 Å². The molecule has 5 nitrogen and oxygen atoms in total. The summed E-state index contributed by atoms with van der Waals surface area (Å²) in [5, 5.41) is 15.3. The summed E-state index contributed by atoms with van der Waals surface area (Å²) >= 11 is 0. The molecule has 0 aromatic carbocycles. The molecule has 98 valence electrons. The third-order valence-electron chi connectivity index (χ3n) is 3.33. The fraction of sp³-hybridized carbons (Fsp3) is 0.357. The van der Waals surface area contributed by atoms with Crippen LogP contribution in [0.2, 0.25) is 0 Å². The van der Waals surface area contributed by atoms with E-state index >= 15 is 0 Å². The zero-order valence-corrected chi connectivity index (χ0v) is 10.7. The van der Waals surface area contributed by atoms with Crippen LogP contribution in [-0.2, 0) is 0 Å². The molecule has 1 aliphatic rings. The van der Waals surface area contributed by atoms with E-state index in [1.54, 1.807) is 12.4 Å². The van der Waals surface area contributed by atoms with Crippen LogP contribution < -0.4 is 10.6 Å². The van der Waals surface area contributed by atoms with E-state index < -0.39 is 0 Å². The van der Waals surface area contributed by atoms with Crippen molar-refractivity contribution >= 4 is 5.82 Å². The van der Waals surface area contributed by atoms with Gasteiger partial charge in [0.25, 0.3) is 0 Å². The third-order valence-corrected chi connectivity index (χ3v) is 3.33. The number of piperidine rings is 1. The molecular formula is C14H17N5. The van der Waals surface area contributed by atoms with E-state index in [9.17, 15) is 0 Å². The van der Waals surface area contributed by atoms with Gasteiger partial charge in [-0.25, -0.2) is 0 Å². The van der Waals surface area contributed by atoms with Gasteiger partial charge in [-0.15, -0.1) is 10.2 Å². The predicted molar refractivity (Wildman–Crippen MR) is 74.8 cm³/mol. The highest BCUT2D eigenvalue weighted by Gasteiger charge is 2.13. The molecule has 2 N–H and O–H groups in total. The highest BCUT2D eigenvalue weighted by atomic mass is 15.2. The quantitative estimate of drug-likeness (QED) is 0.874. The Balaban J connectivity index is 1.68.